The summed E-state index contributed by atoms with van der Waals surface area (Å²) >= 11 is 6.21. The highest BCUT2D eigenvalue weighted by atomic mass is 35.5. The quantitative estimate of drug-likeness (QED) is 0.920. The average molecular weight is 348 g/mol. The molecule has 3 rings (SSSR count). The van der Waals surface area contributed by atoms with Crippen LogP contribution in [-0.4, -0.2) is 53.7 Å². The Labute approximate surface area is 146 Å². The molecule has 0 amide bonds. The summed E-state index contributed by atoms with van der Waals surface area (Å²) in [6.45, 7) is 3.85. The van der Waals surface area contributed by atoms with Crippen molar-refractivity contribution in [2.75, 3.05) is 31.6 Å². The maximum atomic E-state index is 10.8. The molecule has 6 heteroatoms. The molecule has 0 bridgehead atoms. The molecule has 1 aliphatic heterocycles. The van der Waals surface area contributed by atoms with Crippen molar-refractivity contribution in [3.63, 3.8) is 0 Å². The summed E-state index contributed by atoms with van der Waals surface area (Å²) in [5, 5.41) is 10.8. The van der Waals surface area contributed by atoms with E-state index in [0.29, 0.717) is 6.04 Å². The summed E-state index contributed by atoms with van der Waals surface area (Å²) in [6, 6.07) is 8.36. The van der Waals surface area contributed by atoms with Gasteiger partial charge in [0, 0.05) is 29.5 Å². The van der Waals surface area contributed by atoms with Gasteiger partial charge in [0.25, 0.3) is 0 Å². The van der Waals surface area contributed by atoms with E-state index >= 15 is 0 Å². The minimum absolute atomic E-state index is 0.0938. The van der Waals surface area contributed by atoms with Crippen LogP contribution in [0, 0.1) is 6.92 Å². The third-order valence-electron chi connectivity index (χ3n) is 4.83. The number of aliphatic carboxylic acids is 1. The summed E-state index contributed by atoms with van der Waals surface area (Å²) in [5.74, 6) is 0.190. The minimum atomic E-state index is -0.775. The summed E-state index contributed by atoms with van der Waals surface area (Å²) in [5.41, 5.74) is 1.96. The van der Waals surface area contributed by atoms with Gasteiger partial charge >= 0.3 is 5.97 Å². The normalized spacial score (nSPS) is 16.1. The van der Waals surface area contributed by atoms with Crippen LogP contribution in [0.3, 0.4) is 0 Å². The number of aryl methyl sites for hydroxylation is 1. The van der Waals surface area contributed by atoms with Gasteiger partial charge in [-0.05, 0) is 50.6 Å². The summed E-state index contributed by atoms with van der Waals surface area (Å²) in [4.78, 5) is 19.9. The van der Waals surface area contributed by atoms with Crippen molar-refractivity contribution in [3.8, 4) is 0 Å². The van der Waals surface area contributed by atoms with E-state index in [2.05, 4.69) is 17.0 Å². The zero-order valence-electron chi connectivity index (χ0n) is 14.0. The van der Waals surface area contributed by atoms with E-state index in [0.717, 1.165) is 53.2 Å². The Hall–Kier alpha value is -1.85. The first-order valence-corrected chi connectivity index (χ1v) is 8.56. The van der Waals surface area contributed by atoms with E-state index in [1.165, 1.54) is 0 Å². The molecule has 0 spiro atoms. The highest BCUT2D eigenvalue weighted by Gasteiger charge is 2.24. The number of hydrogen-bond donors (Lipinski definition) is 1. The van der Waals surface area contributed by atoms with E-state index in [9.17, 15) is 4.79 Å². The molecule has 1 N–H and O–H groups in total. The van der Waals surface area contributed by atoms with Gasteiger partial charge in [0.1, 0.15) is 5.82 Å². The molecule has 1 aromatic heterocycles. The van der Waals surface area contributed by atoms with E-state index in [-0.39, 0.29) is 6.54 Å². The van der Waals surface area contributed by atoms with Gasteiger partial charge in [0.05, 0.1) is 12.1 Å². The third kappa shape index (κ3) is 3.47. The van der Waals surface area contributed by atoms with Gasteiger partial charge in [-0.2, -0.15) is 0 Å². The summed E-state index contributed by atoms with van der Waals surface area (Å²) in [6.07, 6.45) is 1.88. The molecular weight excluding hydrogens is 326 g/mol. The molecule has 1 fully saturated rings. The molecule has 0 aliphatic carbocycles. The topological polar surface area (TPSA) is 56.7 Å². The number of carboxylic acids is 1. The Kier molecular flexibility index (Phi) is 4.92. The molecule has 24 heavy (non-hydrogen) atoms. The predicted molar refractivity (Wildman–Crippen MR) is 97.0 cm³/mol. The largest absolute Gasteiger partial charge is 0.480 e. The molecular formula is C18H22ClN3O2. The van der Waals surface area contributed by atoms with Gasteiger partial charge in [-0.3, -0.25) is 9.69 Å². The SMILES string of the molecule is Cc1c(Cl)ccc2ccc(N3CCC(N(C)CC(=O)O)CC3)nc12. The first kappa shape index (κ1) is 17.0. The fraction of sp³-hybridized carbons (Fsp3) is 0.444. The van der Waals surface area contributed by atoms with Crippen LogP contribution in [0.15, 0.2) is 24.3 Å². The van der Waals surface area contributed by atoms with Crippen molar-refractivity contribution in [3.05, 3.63) is 34.9 Å². The first-order chi connectivity index (χ1) is 11.5. The monoisotopic (exact) mass is 347 g/mol. The number of carbonyl (C=O) groups is 1. The highest BCUT2D eigenvalue weighted by Crippen LogP contribution is 2.27. The van der Waals surface area contributed by atoms with Crippen molar-refractivity contribution in [2.45, 2.75) is 25.8 Å². The van der Waals surface area contributed by atoms with Crippen LogP contribution in [0.2, 0.25) is 5.02 Å². The van der Waals surface area contributed by atoms with E-state index in [1.54, 1.807) is 0 Å². The second-order valence-corrected chi connectivity index (χ2v) is 6.85. The average Bonchev–Trinajstić information content (AvgIpc) is 2.57. The smallest absolute Gasteiger partial charge is 0.317 e. The minimum Gasteiger partial charge on any atom is -0.480 e. The number of pyridine rings is 1. The molecule has 128 valence electrons. The number of nitrogens with zero attached hydrogens (tertiary/aromatic N) is 3. The van der Waals surface area contributed by atoms with Gasteiger partial charge in [-0.1, -0.05) is 17.7 Å². The van der Waals surface area contributed by atoms with Crippen molar-refractivity contribution in [1.29, 1.82) is 0 Å². The maximum Gasteiger partial charge on any atom is 0.317 e. The number of fused-ring (bicyclic) bond motifs is 1. The van der Waals surface area contributed by atoms with E-state index in [1.807, 2.05) is 31.0 Å². The lowest BCUT2D eigenvalue weighted by Gasteiger charge is -2.36. The van der Waals surface area contributed by atoms with Crippen LogP contribution in [0.5, 0.6) is 0 Å². The molecule has 0 radical (unpaired) electrons. The van der Waals surface area contributed by atoms with Crippen LogP contribution >= 0.6 is 11.6 Å². The number of aromatic nitrogens is 1. The number of hydrogen-bond acceptors (Lipinski definition) is 4. The van der Waals surface area contributed by atoms with Crippen molar-refractivity contribution >= 4 is 34.3 Å². The first-order valence-electron chi connectivity index (χ1n) is 8.18. The Morgan fingerprint density at radius 3 is 2.67 bits per heavy atom. The van der Waals surface area contributed by atoms with Gasteiger partial charge in [0.2, 0.25) is 0 Å². The Morgan fingerprint density at radius 2 is 2.00 bits per heavy atom. The molecule has 0 unspecified atom stereocenters. The molecule has 1 aliphatic rings. The van der Waals surface area contributed by atoms with Gasteiger partial charge in [-0.15, -0.1) is 0 Å². The lowest BCUT2D eigenvalue weighted by atomic mass is 10.0. The fourth-order valence-corrected chi connectivity index (χ4v) is 3.50. The molecule has 0 saturated carbocycles. The number of halogens is 1. The Morgan fingerprint density at radius 1 is 1.33 bits per heavy atom. The second kappa shape index (κ2) is 6.95. The van der Waals surface area contributed by atoms with Crippen molar-refractivity contribution in [1.82, 2.24) is 9.88 Å². The molecule has 5 nitrogen and oxygen atoms in total. The van der Waals surface area contributed by atoms with Crippen molar-refractivity contribution < 1.29 is 9.90 Å². The van der Waals surface area contributed by atoms with Crippen LogP contribution in [0.1, 0.15) is 18.4 Å². The Balaban J connectivity index is 1.73. The number of anilines is 1. The van der Waals surface area contributed by atoms with Gasteiger partial charge in [0.15, 0.2) is 0 Å². The van der Waals surface area contributed by atoms with Crippen LogP contribution in [0.4, 0.5) is 5.82 Å². The summed E-state index contributed by atoms with van der Waals surface area (Å²) < 4.78 is 0. The lowest BCUT2D eigenvalue weighted by Crippen LogP contribution is -2.45. The molecule has 0 atom stereocenters. The standard InChI is InChI=1S/C18H22ClN3O2/c1-12-15(19)5-3-13-4-6-16(20-18(12)13)22-9-7-14(8-10-22)21(2)11-17(23)24/h3-6,14H,7-11H2,1-2H3,(H,23,24). The number of carboxylic acid groups (broad SMARTS) is 1. The van der Waals surface area contributed by atoms with Gasteiger partial charge in [-0.25, -0.2) is 4.98 Å². The maximum absolute atomic E-state index is 10.8. The lowest BCUT2D eigenvalue weighted by molar-refractivity contribution is -0.138. The van der Waals surface area contributed by atoms with Crippen LogP contribution in [0.25, 0.3) is 10.9 Å². The van der Waals surface area contributed by atoms with Crippen molar-refractivity contribution in [2.24, 2.45) is 0 Å². The third-order valence-corrected chi connectivity index (χ3v) is 5.24. The van der Waals surface area contributed by atoms with E-state index < -0.39 is 5.97 Å². The van der Waals surface area contributed by atoms with Gasteiger partial charge < -0.3 is 10.0 Å². The molecule has 1 saturated heterocycles. The highest BCUT2D eigenvalue weighted by molar-refractivity contribution is 6.32. The number of benzene rings is 1. The second-order valence-electron chi connectivity index (χ2n) is 6.44. The molecule has 2 heterocycles. The van der Waals surface area contributed by atoms with E-state index in [4.69, 9.17) is 21.7 Å². The number of piperidine rings is 1. The fourth-order valence-electron chi connectivity index (χ4n) is 3.35. The van der Waals surface area contributed by atoms with Crippen LogP contribution in [-0.2, 0) is 4.79 Å². The summed E-state index contributed by atoms with van der Waals surface area (Å²) in [7, 11) is 1.88. The Bertz CT molecular complexity index is 757. The zero-order valence-corrected chi connectivity index (χ0v) is 14.8. The number of rotatable bonds is 4. The molecule has 1 aromatic carbocycles. The zero-order chi connectivity index (χ0) is 17.3. The molecule has 2 aromatic rings. The number of likely N-dealkylation sites (N-methyl/N-ethyl adjacent to an activating group) is 1. The predicted octanol–water partition coefficient (Wildman–Crippen LogP) is 3.18. The van der Waals surface area contributed by atoms with Crippen LogP contribution < -0.4 is 4.90 Å².